The van der Waals surface area contributed by atoms with Gasteiger partial charge < -0.3 is 20.3 Å². The van der Waals surface area contributed by atoms with E-state index in [-0.39, 0.29) is 11.9 Å². The lowest BCUT2D eigenvalue weighted by atomic mass is 10.1. The second-order valence-corrected chi connectivity index (χ2v) is 6.95. The minimum atomic E-state index is -0.316. The standard InChI is InChI=1S/C24H23N3O3/c1-2-27-20-10-6-7-11-22(20)30-21-13-12-18(16-19(21)23(27)28)26-24(29)25-15-14-17-8-4-3-5-9-17/h3-13,16H,2,14-15H2,1H3,(H2,25,26,29). The number of para-hydroxylation sites is 2. The van der Waals surface area contributed by atoms with Crippen LogP contribution < -0.4 is 20.3 Å². The van der Waals surface area contributed by atoms with Crippen LogP contribution in [0.4, 0.5) is 16.2 Å². The summed E-state index contributed by atoms with van der Waals surface area (Å²) in [5.74, 6) is 0.940. The Balaban J connectivity index is 1.47. The average molecular weight is 401 g/mol. The van der Waals surface area contributed by atoms with E-state index in [1.165, 1.54) is 0 Å². The number of urea groups is 1. The first-order valence-electron chi connectivity index (χ1n) is 9.97. The summed E-state index contributed by atoms with van der Waals surface area (Å²) in [7, 11) is 0. The molecule has 3 aromatic rings. The first-order valence-corrected chi connectivity index (χ1v) is 9.97. The van der Waals surface area contributed by atoms with Crippen LogP contribution in [0.1, 0.15) is 22.8 Å². The molecule has 0 bridgehead atoms. The number of carbonyl (C=O) groups is 2. The van der Waals surface area contributed by atoms with E-state index in [9.17, 15) is 9.59 Å². The highest BCUT2D eigenvalue weighted by molar-refractivity contribution is 6.10. The van der Waals surface area contributed by atoms with Gasteiger partial charge in [0.05, 0.1) is 11.3 Å². The van der Waals surface area contributed by atoms with Gasteiger partial charge in [-0.25, -0.2) is 4.79 Å². The number of hydrogen-bond acceptors (Lipinski definition) is 3. The largest absolute Gasteiger partial charge is 0.454 e. The van der Waals surface area contributed by atoms with Gasteiger partial charge in [-0.15, -0.1) is 0 Å². The van der Waals surface area contributed by atoms with Gasteiger partial charge in [-0.3, -0.25) is 4.79 Å². The molecule has 0 atom stereocenters. The normalized spacial score (nSPS) is 12.3. The van der Waals surface area contributed by atoms with Crippen molar-refractivity contribution >= 4 is 23.3 Å². The second kappa shape index (κ2) is 8.69. The van der Waals surface area contributed by atoms with Crippen molar-refractivity contribution < 1.29 is 14.3 Å². The third-order valence-corrected chi connectivity index (χ3v) is 4.95. The Kier molecular flexibility index (Phi) is 5.66. The molecule has 0 spiro atoms. The summed E-state index contributed by atoms with van der Waals surface area (Å²) in [6, 6.07) is 22.2. The van der Waals surface area contributed by atoms with E-state index in [2.05, 4.69) is 10.6 Å². The van der Waals surface area contributed by atoms with Crippen molar-refractivity contribution in [2.45, 2.75) is 13.3 Å². The smallest absolute Gasteiger partial charge is 0.319 e. The molecule has 0 fully saturated rings. The minimum Gasteiger partial charge on any atom is -0.454 e. The maximum atomic E-state index is 13.1. The summed E-state index contributed by atoms with van der Waals surface area (Å²) in [4.78, 5) is 27.1. The second-order valence-electron chi connectivity index (χ2n) is 6.95. The summed E-state index contributed by atoms with van der Waals surface area (Å²) in [5, 5.41) is 5.64. The summed E-state index contributed by atoms with van der Waals surface area (Å²) in [5.41, 5.74) is 2.83. The Bertz CT molecular complexity index is 1070. The Hall–Kier alpha value is -3.80. The maximum Gasteiger partial charge on any atom is 0.319 e. The van der Waals surface area contributed by atoms with Crippen molar-refractivity contribution in [2.75, 3.05) is 23.3 Å². The molecule has 0 radical (unpaired) electrons. The van der Waals surface area contributed by atoms with Gasteiger partial charge in [0.1, 0.15) is 5.75 Å². The number of nitrogens with one attached hydrogen (secondary N) is 2. The van der Waals surface area contributed by atoms with E-state index >= 15 is 0 Å². The zero-order chi connectivity index (χ0) is 20.9. The number of ether oxygens (including phenoxy) is 1. The van der Waals surface area contributed by atoms with E-state index in [0.717, 1.165) is 17.7 Å². The molecule has 30 heavy (non-hydrogen) atoms. The molecule has 0 aromatic heterocycles. The van der Waals surface area contributed by atoms with Crippen molar-refractivity contribution in [3.8, 4) is 11.5 Å². The van der Waals surface area contributed by atoms with Crippen LogP contribution in [-0.2, 0) is 6.42 Å². The van der Waals surface area contributed by atoms with Crippen LogP contribution >= 0.6 is 0 Å². The number of rotatable bonds is 5. The molecule has 3 aromatic carbocycles. The molecule has 6 nitrogen and oxygen atoms in total. The first-order chi connectivity index (χ1) is 14.7. The van der Waals surface area contributed by atoms with Gasteiger partial charge in [-0.2, -0.15) is 0 Å². The number of carbonyl (C=O) groups excluding carboxylic acids is 2. The molecular weight excluding hydrogens is 378 g/mol. The quantitative estimate of drug-likeness (QED) is 0.644. The lowest BCUT2D eigenvalue weighted by Crippen LogP contribution is -2.31. The predicted molar refractivity (Wildman–Crippen MR) is 117 cm³/mol. The number of fused-ring (bicyclic) bond motifs is 2. The number of hydrogen-bond donors (Lipinski definition) is 2. The molecule has 0 saturated heterocycles. The zero-order valence-corrected chi connectivity index (χ0v) is 16.7. The van der Waals surface area contributed by atoms with E-state index in [1.54, 1.807) is 23.1 Å². The molecule has 1 aliphatic heterocycles. The first kappa shape index (κ1) is 19.5. The summed E-state index contributed by atoms with van der Waals surface area (Å²) < 4.78 is 5.99. The average Bonchev–Trinajstić information content (AvgIpc) is 2.88. The van der Waals surface area contributed by atoms with Crippen LogP contribution in [0.3, 0.4) is 0 Å². The van der Waals surface area contributed by atoms with Crippen LogP contribution in [-0.4, -0.2) is 25.0 Å². The van der Waals surface area contributed by atoms with E-state index < -0.39 is 0 Å². The highest BCUT2D eigenvalue weighted by Crippen LogP contribution is 2.39. The van der Waals surface area contributed by atoms with Crippen molar-refractivity contribution in [1.29, 1.82) is 0 Å². The van der Waals surface area contributed by atoms with Gasteiger partial charge in [0.15, 0.2) is 5.75 Å². The van der Waals surface area contributed by atoms with E-state index in [1.807, 2.05) is 61.5 Å². The van der Waals surface area contributed by atoms with Crippen molar-refractivity contribution in [2.24, 2.45) is 0 Å². The highest BCUT2D eigenvalue weighted by atomic mass is 16.5. The molecule has 1 heterocycles. The molecule has 3 amide bonds. The van der Waals surface area contributed by atoms with Gasteiger partial charge in [0.25, 0.3) is 5.91 Å². The SMILES string of the molecule is CCN1C(=O)c2cc(NC(=O)NCCc3ccccc3)ccc2Oc2ccccc21. The predicted octanol–water partition coefficient (Wildman–Crippen LogP) is 4.82. The fourth-order valence-electron chi connectivity index (χ4n) is 3.46. The van der Waals surface area contributed by atoms with Gasteiger partial charge in [-0.1, -0.05) is 42.5 Å². The third kappa shape index (κ3) is 4.12. The lowest BCUT2D eigenvalue weighted by molar-refractivity contribution is 0.0988. The summed E-state index contributed by atoms with van der Waals surface area (Å²) in [6.45, 7) is 2.94. The van der Waals surface area contributed by atoms with Crippen LogP contribution in [0.5, 0.6) is 11.5 Å². The van der Waals surface area contributed by atoms with Crippen molar-refractivity contribution in [3.63, 3.8) is 0 Å². The van der Waals surface area contributed by atoms with Crippen LogP contribution in [0.15, 0.2) is 72.8 Å². The summed E-state index contributed by atoms with van der Waals surface area (Å²) >= 11 is 0. The molecule has 0 aliphatic carbocycles. The van der Waals surface area contributed by atoms with Gasteiger partial charge in [-0.05, 0) is 49.2 Å². The Morgan fingerprint density at radius 3 is 2.53 bits per heavy atom. The molecule has 2 N–H and O–H groups in total. The third-order valence-electron chi connectivity index (χ3n) is 4.95. The molecule has 152 valence electrons. The molecule has 0 saturated carbocycles. The lowest BCUT2D eigenvalue weighted by Gasteiger charge is -2.19. The summed E-state index contributed by atoms with van der Waals surface area (Å²) in [6.07, 6.45) is 0.745. The fraction of sp³-hybridized carbons (Fsp3) is 0.167. The van der Waals surface area contributed by atoms with Gasteiger partial charge in [0, 0.05) is 18.8 Å². The Labute approximate surface area is 175 Å². The number of nitrogens with zero attached hydrogens (tertiary/aromatic N) is 1. The Morgan fingerprint density at radius 2 is 1.73 bits per heavy atom. The molecule has 1 aliphatic rings. The van der Waals surface area contributed by atoms with Gasteiger partial charge in [0.2, 0.25) is 0 Å². The maximum absolute atomic E-state index is 13.1. The number of amides is 3. The van der Waals surface area contributed by atoms with Crippen LogP contribution in [0.25, 0.3) is 0 Å². The molecule has 4 rings (SSSR count). The monoisotopic (exact) mass is 401 g/mol. The van der Waals surface area contributed by atoms with Gasteiger partial charge >= 0.3 is 6.03 Å². The number of benzene rings is 3. The van der Waals surface area contributed by atoms with Crippen molar-refractivity contribution in [1.82, 2.24) is 5.32 Å². The molecular formula is C24H23N3O3. The molecule has 6 heteroatoms. The highest BCUT2D eigenvalue weighted by Gasteiger charge is 2.27. The minimum absolute atomic E-state index is 0.161. The van der Waals surface area contributed by atoms with Crippen molar-refractivity contribution in [3.05, 3.63) is 83.9 Å². The zero-order valence-electron chi connectivity index (χ0n) is 16.7. The molecule has 0 unspecified atom stereocenters. The number of anilines is 2. The van der Waals surface area contributed by atoms with E-state index in [0.29, 0.717) is 35.8 Å². The Morgan fingerprint density at radius 1 is 0.967 bits per heavy atom. The van der Waals surface area contributed by atoms with Crippen LogP contribution in [0.2, 0.25) is 0 Å². The van der Waals surface area contributed by atoms with Crippen LogP contribution in [0, 0.1) is 0 Å². The topological polar surface area (TPSA) is 70.7 Å². The fourth-order valence-corrected chi connectivity index (χ4v) is 3.46. The van der Waals surface area contributed by atoms with E-state index in [4.69, 9.17) is 4.74 Å².